The van der Waals surface area contributed by atoms with Crippen LogP contribution < -0.4 is 5.56 Å². The predicted octanol–water partition coefficient (Wildman–Crippen LogP) is 3.39. The third kappa shape index (κ3) is 4.24. The highest BCUT2D eigenvalue weighted by atomic mass is 32.2. The third-order valence-electron chi connectivity index (χ3n) is 6.87. The Balaban J connectivity index is 1.47. The lowest BCUT2D eigenvalue weighted by molar-refractivity contribution is -0.136. The number of carbonyl (C=O) groups excluding carboxylic acids is 1. The Kier molecular flexibility index (Phi) is 5.86. The van der Waals surface area contributed by atoms with E-state index in [1.54, 1.807) is 4.90 Å². The molecule has 0 radical (unpaired) electrons. The standard InChI is InChI=1S/C24H27N3O4S2/c1-16-21-23(32-22(16)17-7-3-2-4-8-17)25-15-26(24(21)29)13-20(28)27(18-9-5-6-10-18)19-11-12-33(30,31)14-19/h2-4,7-8,15,18-19H,5-6,9-14H2,1H3/t19-/m0/s1. The van der Waals surface area contributed by atoms with Gasteiger partial charge in [-0.05, 0) is 37.3 Å². The number of fused-ring (bicyclic) bond motifs is 1. The fraction of sp³-hybridized carbons (Fsp3) is 0.458. The van der Waals surface area contributed by atoms with E-state index in [2.05, 4.69) is 4.98 Å². The van der Waals surface area contributed by atoms with Crippen molar-refractivity contribution in [3.05, 3.63) is 52.6 Å². The van der Waals surface area contributed by atoms with Crippen LogP contribution in [-0.4, -0.2) is 52.4 Å². The quantitative estimate of drug-likeness (QED) is 0.553. The molecule has 7 nitrogen and oxygen atoms in total. The molecule has 33 heavy (non-hydrogen) atoms. The van der Waals surface area contributed by atoms with E-state index in [0.29, 0.717) is 16.6 Å². The SMILES string of the molecule is Cc1c(-c2ccccc2)sc2ncn(CC(=O)N(C3CCCC3)[C@H]3CCS(=O)(=O)C3)c(=O)c12. The van der Waals surface area contributed by atoms with Crippen LogP contribution in [0.5, 0.6) is 0 Å². The van der Waals surface area contributed by atoms with Crippen molar-refractivity contribution in [3.8, 4) is 10.4 Å². The molecule has 0 N–H and O–H groups in total. The molecule has 3 aromatic rings. The van der Waals surface area contributed by atoms with Crippen LogP contribution in [0.2, 0.25) is 0 Å². The molecule has 5 rings (SSSR count). The Morgan fingerprint density at radius 1 is 1.15 bits per heavy atom. The number of amides is 1. The number of hydrogen-bond donors (Lipinski definition) is 0. The molecular weight excluding hydrogens is 458 g/mol. The Hall–Kier alpha value is -2.52. The molecule has 3 heterocycles. The molecule has 1 atom stereocenters. The average molecular weight is 486 g/mol. The number of nitrogens with zero attached hydrogens (tertiary/aromatic N) is 3. The van der Waals surface area contributed by atoms with Crippen molar-refractivity contribution in [1.29, 1.82) is 0 Å². The highest BCUT2D eigenvalue weighted by molar-refractivity contribution is 7.91. The van der Waals surface area contributed by atoms with Crippen molar-refractivity contribution in [2.45, 2.75) is 57.7 Å². The summed E-state index contributed by atoms with van der Waals surface area (Å²) < 4.78 is 25.6. The fourth-order valence-electron chi connectivity index (χ4n) is 5.25. The Morgan fingerprint density at radius 3 is 2.55 bits per heavy atom. The van der Waals surface area contributed by atoms with E-state index in [1.807, 2.05) is 37.3 Å². The molecule has 1 aliphatic heterocycles. The molecule has 0 spiro atoms. The maximum absolute atomic E-state index is 13.4. The van der Waals surface area contributed by atoms with Crippen molar-refractivity contribution < 1.29 is 13.2 Å². The van der Waals surface area contributed by atoms with Gasteiger partial charge in [0.15, 0.2) is 9.84 Å². The van der Waals surface area contributed by atoms with Crippen LogP contribution in [-0.2, 0) is 21.2 Å². The topological polar surface area (TPSA) is 89.3 Å². The number of thiophene rings is 1. The van der Waals surface area contributed by atoms with Crippen molar-refractivity contribution >= 4 is 37.3 Å². The number of aromatic nitrogens is 2. The number of benzene rings is 1. The van der Waals surface area contributed by atoms with Crippen LogP contribution in [0.3, 0.4) is 0 Å². The number of rotatable bonds is 5. The zero-order valence-corrected chi connectivity index (χ0v) is 20.2. The minimum absolute atomic E-state index is 0.0193. The third-order valence-corrected chi connectivity index (χ3v) is 9.87. The van der Waals surface area contributed by atoms with Crippen LogP contribution >= 0.6 is 11.3 Å². The van der Waals surface area contributed by atoms with E-state index in [4.69, 9.17) is 0 Å². The summed E-state index contributed by atoms with van der Waals surface area (Å²) in [5.41, 5.74) is 1.68. The maximum atomic E-state index is 13.4. The van der Waals surface area contributed by atoms with Gasteiger partial charge in [0, 0.05) is 17.0 Å². The molecule has 0 unspecified atom stereocenters. The van der Waals surface area contributed by atoms with Crippen LogP contribution in [0, 0.1) is 6.92 Å². The second kappa shape index (κ2) is 8.68. The van der Waals surface area contributed by atoms with E-state index in [0.717, 1.165) is 41.7 Å². The van der Waals surface area contributed by atoms with Crippen molar-refractivity contribution in [3.63, 3.8) is 0 Å². The van der Waals surface area contributed by atoms with Gasteiger partial charge in [0.25, 0.3) is 5.56 Å². The van der Waals surface area contributed by atoms with E-state index < -0.39 is 9.84 Å². The van der Waals surface area contributed by atoms with E-state index in [9.17, 15) is 18.0 Å². The Bertz CT molecular complexity index is 1360. The molecule has 2 aliphatic rings. The first-order valence-corrected chi connectivity index (χ1v) is 14.0. The minimum atomic E-state index is -3.12. The Labute approximate surface area is 197 Å². The highest BCUT2D eigenvalue weighted by Crippen LogP contribution is 2.35. The molecule has 2 fully saturated rings. The largest absolute Gasteiger partial charge is 0.334 e. The molecule has 1 amide bonds. The summed E-state index contributed by atoms with van der Waals surface area (Å²) in [5.74, 6) is -0.0489. The normalized spacial score (nSPS) is 20.5. The summed E-state index contributed by atoms with van der Waals surface area (Å²) in [7, 11) is -3.12. The van der Waals surface area contributed by atoms with Gasteiger partial charge in [-0.1, -0.05) is 43.2 Å². The summed E-state index contributed by atoms with van der Waals surface area (Å²) in [6.07, 6.45) is 5.78. The van der Waals surface area contributed by atoms with Gasteiger partial charge in [-0.2, -0.15) is 0 Å². The minimum Gasteiger partial charge on any atom is -0.334 e. The second-order valence-corrected chi connectivity index (χ2v) is 12.3. The molecule has 2 aromatic heterocycles. The summed E-state index contributed by atoms with van der Waals surface area (Å²) in [4.78, 5) is 34.7. The Morgan fingerprint density at radius 2 is 1.88 bits per heavy atom. The van der Waals surface area contributed by atoms with Crippen molar-refractivity contribution in [2.24, 2.45) is 0 Å². The number of carbonyl (C=O) groups is 1. The molecular formula is C24H27N3O4S2. The van der Waals surface area contributed by atoms with Crippen LogP contribution in [0.4, 0.5) is 0 Å². The highest BCUT2D eigenvalue weighted by Gasteiger charge is 2.39. The second-order valence-electron chi connectivity index (χ2n) is 9.08. The molecule has 1 aromatic carbocycles. The van der Waals surface area contributed by atoms with Crippen LogP contribution in [0.1, 0.15) is 37.7 Å². The first-order valence-electron chi connectivity index (χ1n) is 11.4. The first-order chi connectivity index (χ1) is 15.8. The zero-order valence-electron chi connectivity index (χ0n) is 18.6. The lowest BCUT2D eigenvalue weighted by Gasteiger charge is -2.34. The van der Waals surface area contributed by atoms with Gasteiger partial charge in [0.05, 0.1) is 23.2 Å². The van der Waals surface area contributed by atoms with Gasteiger partial charge < -0.3 is 4.90 Å². The summed E-state index contributed by atoms with van der Waals surface area (Å²) in [5, 5.41) is 0.546. The zero-order chi connectivity index (χ0) is 23.2. The van der Waals surface area contributed by atoms with E-state index in [1.165, 1.54) is 22.2 Å². The molecule has 1 saturated carbocycles. The maximum Gasteiger partial charge on any atom is 0.262 e. The van der Waals surface area contributed by atoms with Gasteiger partial charge in [-0.15, -0.1) is 11.3 Å². The van der Waals surface area contributed by atoms with E-state index >= 15 is 0 Å². The predicted molar refractivity (Wildman–Crippen MR) is 130 cm³/mol. The van der Waals surface area contributed by atoms with Gasteiger partial charge in [-0.25, -0.2) is 13.4 Å². The fourth-order valence-corrected chi connectivity index (χ4v) is 8.10. The molecule has 1 aliphatic carbocycles. The number of aryl methyl sites for hydroxylation is 1. The van der Waals surface area contributed by atoms with Crippen LogP contribution in [0.25, 0.3) is 20.7 Å². The lowest BCUT2D eigenvalue weighted by Crippen LogP contribution is -2.49. The monoisotopic (exact) mass is 485 g/mol. The van der Waals surface area contributed by atoms with E-state index in [-0.39, 0.29) is 41.6 Å². The van der Waals surface area contributed by atoms with Crippen molar-refractivity contribution in [2.75, 3.05) is 11.5 Å². The lowest BCUT2D eigenvalue weighted by atomic mass is 10.1. The molecule has 1 saturated heterocycles. The number of sulfone groups is 1. The molecule has 9 heteroatoms. The van der Waals surface area contributed by atoms with Gasteiger partial charge in [-0.3, -0.25) is 14.2 Å². The van der Waals surface area contributed by atoms with Gasteiger partial charge in [0.2, 0.25) is 5.91 Å². The molecule has 0 bridgehead atoms. The summed E-state index contributed by atoms with van der Waals surface area (Å²) >= 11 is 1.48. The summed E-state index contributed by atoms with van der Waals surface area (Å²) in [6.45, 7) is 1.80. The first kappa shape index (κ1) is 22.3. The van der Waals surface area contributed by atoms with Gasteiger partial charge in [0.1, 0.15) is 11.4 Å². The molecule has 174 valence electrons. The van der Waals surface area contributed by atoms with Crippen molar-refractivity contribution in [1.82, 2.24) is 14.5 Å². The smallest absolute Gasteiger partial charge is 0.262 e. The number of hydrogen-bond acceptors (Lipinski definition) is 6. The van der Waals surface area contributed by atoms with Crippen LogP contribution in [0.15, 0.2) is 41.5 Å². The van der Waals surface area contributed by atoms with Gasteiger partial charge >= 0.3 is 0 Å². The average Bonchev–Trinajstić information content (AvgIpc) is 3.51. The summed E-state index contributed by atoms with van der Waals surface area (Å²) in [6, 6.07) is 9.65.